The second-order valence-electron chi connectivity index (χ2n) is 9.19. The first kappa shape index (κ1) is 22.6. The summed E-state index contributed by atoms with van der Waals surface area (Å²) in [5.41, 5.74) is 5.58. The molecule has 6 rings (SSSR count). The van der Waals surface area contributed by atoms with E-state index in [-0.39, 0.29) is 5.92 Å². The quantitative estimate of drug-likeness (QED) is 0.396. The zero-order valence-electron chi connectivity index (χ0n) is 18.6. The van der Waals surface area contributed by atoms with Crippen LogP contribution in [0.2, 0.25) is 0 Å². The number of carbonyl (C=O) groups is 2. The number of ether oxygens (including phenoxy) is 1. The lowest BCUT2D eigenvalue weighted by Gasteiger charge is -2.54. The molecular formula is C25H27N4O4S+. The van der Waals surface area contributed by atoms with Gasteiger partial charge in [0.15, 0.2) is 12.1 Å². The molecule has 2 aromatic heterocycles. The first-order valence-corrected chi connectivity index (χ1v) is 12.3. The Morgan fingerprint density at radius 2 is 1.82 bits per heavy atom. The van der Waals surface area contributed by atoms with Crippen LogP contribution in [0.4, 0.5) is 0 Å². The topological polar surface area (TPSA) is 115 Å². The van der Waals surface area contributed by atoms with Crippen LogP contribution in [0.15, 0.2) is 65.9 Å². The standard InChI is InChI=1S/C25H26N4O4S/c26-23(30)22(18-12-27-16-28-13-18)29-9-6-17(7-10-29)21(14-29)33-24(31)25(32,20-8-11-34-15-20)19-4-2-1-3-5-19/h1-5,8,11-13,15-17,21-22,32H,6-7,9-10,14H2,(H-,26,30)/p+1/t17?,21-,22?,25?,29?/m0/s1. The largest absolute Gasteiger partial charge is 0.453 e. The summed E-state index contributed by atoms with van der Waals surface area (Å²) >= 11 is 1.41. The minimum atomic E-state index is -1.91. The third-order valence-corrected chi connectivity index (χ3v) is 8.04. The first-order chi connectivity index (χ1) is 16.4. The number of fused-ring (bicyclic) bond motifs is 3. The summed E-state index contributed by atoms with van der Waals surface area (Å²) in [6.45, 7) is 1.97. The Balaban J connectivity index is 1.45. The summed E-state index contributed by atoms with van der Waals surface area (Å²) in [4.78, 5) is 34.4. The summed E-state index contributed by atoms with van der Waals surface area (Å²) in [5, 5.41) is 15.3. The van der Waals surface area contributed by atoms with Gasteiger partial charge in [-0.15, -0.1) is 0 Å². The van der Waals surface area contributed by atoms with E-state index < -0.39 is 29.6 Å². The van der Waals surface area contributed by atoms with Crippen LogP contribution in [0, 0.1) is 5.92 Å². The predicted molar refractivity (Wildman–Crippen MR) is 125 cm³/mol. The smallest absolute Gasteiger partial charge is 0.348 e. The van der Waals surface area contributed by atoms with E-state index in [9.17, 15) is 14.7 Å². The maximum Gasteiger partial charge on any atom is 0.348 e. The fraction of sp³-hybridized carbons (Fsp3) is 0.360. The lowest BCUT2D eigenvalue weighted by Crippen LogP contribution is -2.67. The minimum Gasteiger partial charge on any atom is -0.453 e. The summed E-state index contributed by atoms with van der Waals surface area (Å²) in [5.74, 6) is -0.973. The third-order valence-electron chi connectivity index (χ3n) is 7.36. The molecule has 5 heterocycles. The molecule has 2 unspecified atom stereocenters. The van der Waals surface area contributed by atoms with Crippen molar-refractivity contribution in [3.63, 3.8) is 0 Å². The number of amides is 1. The first-order valence-electron chi connectivity index (χ1n) is 11.4. The van der Waals surface area contributed by atoms with Crippen molar-refractivity contribution < 1.29 is 23.9 Å². The van der Waals surface area contributed by atoms with Crippen LogP contribution < -0.4 is 5.73 Å². The van der Waals surface area contributed by atoms with Crippen LogP contribution in [0.25, 0.3) is 0 Å². The Morgan fingerprint density at radius 3 is 2.44 bits per heavy atom. The van der Waals surface area contributed by atoms with Crippen LogP contribution in [-0.4, -0.2) is 57.2 Å². The van der Waals surface area contributed by atoms with Crippen molar-refractivity contribution in [3.8, 4) is 0 Å². The highest BCUT2D eigenvalue weighted by Gasteiger charge is 2.55. The highest BCUT2D eigenvalue weighted by atomic mass is 32.1. The number of thiophene rings is 1. The van der Waals surface area contributed by atoms with Crippen molar-refractivity contribution >= 4 is 23.2 Å². The van der Waals surface area contributed by atoms with Gasteiger partial charge in [-0.1, -0.05) is 30.3 Å². The van der Waals surface area contributed by atoms with Crippen molar-refractivity contribution in [2.24, 2.45) is 11.7 Å². The molecule has 3 aliphatic rings. The van der Waals surface area contributed by atoms with Crippen LogP contribution in [0.3, 0.4) is 0 Å². The maximum atomic E-state index is 13.6. The average molecular weight is 480 g/mol. The van der Waals surface area contributed by atoms with Gasteiger partial charge in [0, 0.05) is 36.7 Å². The number of rotatable bonds is 7. The summed E-state index contributed by atoms with van der Waals surface area (Å²) in [7, 11) is 0. The number of hydrogen-bond acceptors (Lipinski definition) is 7. The number of benzene rings is 1. The van der Waals surface area contributed by atoms with Gasteiger partial charge in [0.1, 0.15) is 12.9 Å². The number of piperidine rings is 3. The van der Waals surface area contributed by atoms with Gasteiger partial charge in [-0.25, -0.2) is 14.8 Å². The van der Waals surface area contributed by atoms with Gasteiger partial charge >= 0.3 is 5.97 Å². The van der Waals surface area contributed by atoms with Gasteiger partial charge in [-0.05, 0) is 22.4 Å². The molecule has 1 aromatic carbocycles. The molecular weight excluding hydrogens is 452 g/mol. The number of nitrogens with two attached hydrogens (primary N) is 1. The lowest BCUT2D eigenvalue weighted by atomic mass is 9.80. The van der Waals surface area contributed by atoms with Crippen molar-refractivity contribution in [1.29, 1.82) is 0 Å². The van der Waals surface area contributed by atoms with Gasteiger partial charge in [-0.3, -0.25) is 4.79 Å². The van der Waals surface area contributed by atoms with E-state index in [1.54, 1.807) is 48.1 Å². The second-order valence-corrected chi connectivity index (χ2v) is 9.97. The molecule has 3 aromatic rings. The van der Waals surface area contributed by atoms with E-state index in [0.717, 1.165) is 25.9 Å². The number of quaternary nitrogens is 1. The molecule has 3 saturated heterocycles. The molecule has 3 atom stereocenters. The Hall–Kier alpha value is -3.14. The minimum absolute atomic E-state index is 0.173. The van der Waals surface area contributed by atoms with E-state index in [1.807, 2.05) is 11.4 Å². The number of aromatic nitrogens is 2. The van der Waals surface area contributed by atoms with Gasteiger partial charge in [0.2, 0.25) is 5.60 Å². The maximum absolute atomic E-state index is 13.6. The molecule has 0 radical (unpaired) electrons. The van der Waals surface area contributed by atoms with E-state index in [4.69, 9.17) is 10.5 Å². The van der Waals surface area contributed by atoms with E-state index in [2.05, 4.69) is 9.97 Å². The molecule has 1 amide bonds. The summed E-state index contributed by atoms with van der Waals surface area (Å²) in [6.07, 6.45) is 5.85. The van der Waals surface area contributed by atoms with Crippen LogP contribution in [-0.2, 0) is 19.9 Å². The molecule has 3 N–H and O–H groups in total. The number of nitrogens with zero attached hydrogens (tertiary/aromatic N) is 3. The highest BCUT2D eigenvalue weighted by molar-refractivity contribution is 7.08. The third kappa shape index (κ3) is 3.79. The van der Waals surface area contributed by atoms with Crippen LogP contribution in [0.5, 0.6) is 0 Å². The van der Waals surface area contributed by atoms with Gasteiger partial charge < -0.3 is 20.1 Å². The van der Waals surface area contributed by atoms with Crippen LogP contribution in [0.1, 0.15) is 35.6 Å². The van der Waals surface area contributed by atoms with E-state index in [1.165, 1.54) is 17.7 Å². The van der Waals surface area contributed by atoms with E-state index in [0.29, 0.717) is 27.7 Å². The van der Waals surface area contributed by atoms with Gasteiger partial charge in [-0.2, -0.15) is 11.3 Å². The molecule has 34 heavy (non-hydrogen) atoms. The Labute approximate surface area is 201 Å². The number of hydrogen-bond donors (Lipinski definition) is 2. The van der Waals surface area contributed by atoms with Crippen molar-refractivity contribution in [2.45, 2.75) is 30.6 Å². The van der Waals surface area contributed by atoms with Crippen molar-refractivity contribution in [3.05, 3.63) is 82.6 Å². The molecule has 9 heteroatoms. The monoisotopic (exact) mass is 479 g/mol. The van der Waals surface area contributed by atoms with Gasteiger partial charge in [0.25, 0.3) is 5.91 Å². The number of aliphatic hydroxyl groups is 1. The Morgan fingerprint density at radius 1 is 1.12 bits per heavy atom. The molecule has 0 saturated carbocycles. The zero-order valence-corrected chi connectivity index (χ0v) is 19.4. The molecule has 3 fully saturated rings. The summed E-state index contributed by atoms with van der Waals surface area (Å²) < 4.78 is 6.48. The molecule has 8 nitrogen and oxygen atoms in total. The van der Waals surface area contributed by atoms with Crippen LogP contribution >= 0.6 is 11.3 Å². The van der Waals surface area contributed by atoms with Crippen molar-refractivity contribution in [1.82, 2.24) is 9.97 Å². The highest BCUT2D eigenvalue weighted by Crippen LogP contribution is 2.43. The second kappa shape index (κ2) is 8.90. The summed E-state index contributed by atoms with van der Waals surface area (Å²) in [6, 6.07) is 9.98. The predicted octanol–water partition coefficient (Wildman–Crippen LogP) is 2.15. The molecule has 2 bridgehead atoms. The number of esters is 1. The fourth-order valence-corrected chi connectivity index (χ4v) is 6.34. The molecule has 0 spiro atoms. The SMILES string of the molecule is NC(=O)C(c1cncnc1)[N+]12CCC(CC1)[C@@H](OC(=O)C(O)(c1ccccc1)c1ccsc1)C2. The normalized spacial score (nSPS) is 26.4. The average Bonchev–Trinajstić information content (AvgIpc) is 3.41. The van der Waals surface area contributed by atoms with E-state index >= 15 is 0 Å². The zero-order chi connectivity index (χ0) is 23.8. The molecule has 0 aliphatic carbocycles. The van der Waals surface area contributed by atoms with Gasteiger partial charge in [0.05, 0.1) is 18.7 Å². The number of carbonyl (C=O) groups excluding carboxylic acids is 2. The molecule has 176 valence electrons. The Kier molecular flexibility index (Phi) is 5.93. The molecule has 3 aliphatic heterocycles. The lowest BCUT2D eigenvalue weighted by molar-refractivity contribution is -0.965. The number of primary amides is 1. The Bertz CT molecular complexity index is 1150. The fourth-order valence-electron chi connectivity index (χ4n) is 5.64. The van der Waals surface area contributed by atoms with Crippen molar-refractivity contribution in [2.75, 3.05) is 19.6 Å².